The van der Waals surface area contributed by atoms with Gasteiger partial charge >= 0.3 is 0 Å². The van der Waals surface area contributed by atoms with E-state index in [0.29, 0.717) is 22.9 Å². The normalized spacial score (nSPS) is 15.6. The van der Waals surface area contributed by atoms with Crippen LogP contribution in [-0.2, 0) is 23.0 Å². The van der Waals surface area contributed by atoms with Crippen LogP contribution in [-0.4, -0.2) is 54.0 Å². The van der Waals surface area contributed by atoms with Gasteiger partial charge in [0.15, 0.2) is 5.78 Å². The molecular weight excluding hydrogens is 472 g/mol. The number of benzene rings is 2. The molecule has 1 aromatic heterocycles. The molecule has 1 unspecified atom stereocenters. The van der Waals surface area contributed by atoms with Gasteiger partial charge in [0.05, 0.1) is 6.26 Å². The van der Waals surface area contributed by atoms with Crippen LogP contribution in [0, 0.1) is 0 Å². The van der Waals surface area contributed by atoms with E-state index in [9.17, 15) is 13.2 Å². The number of nitrogens with zero attached hydrogens (tertiary/aromatic N) is 1. The first-order valence-corrected chi connectivity index (χ1v) is 13.9. The maximum absolute atomic E-state index is 13.0. The third kappa shape index (κ3) is 6.92. The van der Waals surface area contributed by atoms with Crippen LogP contribution in [0.1, 0.15) is 60.3 Å². The van der Waals surface area contributed by atoms with E-state index in [4.69, 9.17) is 16.2 Å². The van der Waals surface area contributed by atoms with E-state index < -0.39 is 10.1 Å². The fraction of sp³-hybridized carbons (Fsp3) is 0.423. The van der Waals surface area contributed by atoms with Gasteiger partial charge in [-0.1, -0.05) is 37.6 Å². The van der Waals surface area contributed by atoms with E-state index in [1.807, 2.05) is 18.2 Å². The van der Waals surface area contributed by atoms with Crippen molar-refractivity contribution in [3.63, 3.8) is 0 Å². The van der Waals surface area contributed by atoms with Crippen molar-refractivity contribution in [1.29, 1.82) is 0 Å². The third-order valence-corrected chi connectivity index (χ3v) is 6.28. The van der Waals surface area contributed by atoms with Gasteiger partial charge < -0.3 is 9.88 Å². The fourth-order valence-corrected chi connectivity index (χ4v) is 4.89. The lowest BCUT2D eigenvalue weighted by atomic mass is 9.89. The lowest BCUT2D eigenvalue weighted by Crippen LogP contribution is -2.40. The second kappa shape index (κ2) is 11.5. The molecule has 1 aliphatic carbocycles. The van der Waals surface area contributed by atoms with Crippen molar-refractivity contribution in [3.05, 3.63) is 69.9 Å². The van der Waals surface area contributed by atoms with Crippen molar-refractivity contribution in [2.45, 2.75) is 52.0 Å². The average Bonchev–Trinajstić information content (AvgIpc) is 3.14. The number of fused-ring (bicyclic) bond motifs is 3. The quantitative estimate of drug-likeness (QED) is 0.326. The molecule has 0 radical (unpaired) electrons. The Labute approximate surface area is 207 Å². The Bertz CT molecular complexity index is 1240. The Morgan fingerprint density at radius 3 is 2.38 bits per heavy atom. The van der Waals surface area contributed by atoms with Crippen molar-refractivity contribution < 1.29 is 17.8 Å². The number of hydrogen-bond donors (Lipinski definition) is 2. The molecule has 2 aromatic carbocycles. The van der Waals surface area contributed by atoms with Crippen LogP contribution in [0.5, 0.6) is 0 Å². The molecule has 1 aliphatic rings. The highest BCUT2D eigenvalue weighted by molar-refractivity contribution is 7.85. The van der Waals surface area contributed by atoms with Crippen molar-refractivity contribution >= 4 is 38.4 Å². The van der Waals surface area contributed by atoms with Crippen molar-refractivity contribution in [1.82, 2.24) is 9.88 Å². The third-order valence-electron chi connectivity index (χ3n) is 6.05. The van der Waals surface area contributed by atoms with Gasteiger partial charge in [-0.25, -0.2) is 0 Å². The highest BCUT2D eigenvalue weighted by atomic mass is 35.5. The number of aromatic amines is 1. The summed E-state index contributed by atoms with van der Waals surface area (Å²) in [5.41, 5.74) is 5.24. The topological polar surface area (TPSA) is 90.5 Å². The first-order valence-electron chi connectivity index (χ1n) is 11.7. The first-order chi connectivity index (χ1) is 16.1. The van der Waals surface area contributed by atoms with Gasteiger partial charge in [0, 0.05) is 38.8 Å². The molecule has 6 nitrogen and oxygen atoms in total. The molecule has 0 aliphatic heterocycles. The number of rotatable bonds is 7. The predicted octanol–water partition coefficient (Wildman–Crippen LogP) is 5.54. The van der Waals surface area contributed by atoms with Gasteiger partial charge in [0.1, 0.15) is 0 Å². The highest BCUT2D eigenvalue weighted by Gasteiger charge is 2.26. The molecule has 1 heterocycles. The zero-order chi connectivity index (χ0) is 24.9. The maximum Gasteiger partial charge on any atom is 0.261 e. The SMILES string of the molecule is CCCN(CCC)C1CCc2[nH]c3ccc(C(=O)c4cccc(Cl)c4)cc3c2C1.CS(=O)(=O)O. The Morgan fingerprint density at radius 2 is 1.76 bits per heavy atom. The van der Waals surface area contributed by atoms with Crippen LogP contribution in [0.15, 0.2) is 42.5 Å². The Morgan fingerprint density at radius 1 is 1.12 bits per heavy atom. The van der Waals surface area contributed by atoms with E-state index in [0.717, 1.165) is 37.0 Å². The highest BCUT2D eigenvalue weighted by Crippen LogP contribution is 2.32. The van der Waals surface area contributed by atoms with Crippen LogP contribution in [0.25, 0.3) is 10.9 Å². The van der Waals surface area contributed by atoms with Gasteiger partial charge in [-0.2, -0.15) is 8.42 Å². The average molecular weight is 505 g/mol. The Kier molecular flexibility index (Phi) is 8.93. The number of halogens is 1. The summed E-state index contributed by atoms with van der Waals surface area (Å²) >= 11 is 6.08. The molecule has 184 valence electrons. The van der Waals surface area contributed by atoms with Crippen LogP contribution in [0.2, 0.25) is 5.02 Å². The summed E-state index contributed by atoms with van der Waals surface area (Å²) in [6.45, 7) is 6.84. The number of carbonyl (C=O) groups is 1. The zero-order valence-corrected chi connectivity index (χ0v) is 21.5. The fourth-order valence-electron chi connectivity index (χ4n) is 4.70. The molecule has 0 saturated heterocycles. The molecule has 0 amide bonds. The molecule has 8 heteroatoms. The zero-order valence-electron chi connectivity index (χ0n) is 20.0. The monoisotopic (exact) mass is 504 g/mol. The first kappa shape index (κ1) is 26.4. The Hall–Kier alpha value is -2.19. The van der Waals surface area contributed by atoms with Gasteiger partial charge in [-0.3, -0.25) is 9.35 Å². The van der Waals surface area contributed by atoms with E-state index in [-0.39, 0.29) is 5.78 Å². The maximum atomic E-state index is 13.0. The van der Waals surface area contributed by atoms with Crippen LogP contribution in [0.3, 0.4) is 0 Å². The minimum atomic E-state index is -3.67. The minimum Gasteiger partial charge on any atom is -0.358 e. The second-order valence-corrected chi connectivity index (χ2v) is 10.8. The molecule has 1 atom stereocenters. The number of aromatic nitrogens is 1. The molecule has 0 saturated carbocycles. The van der Waals surface area contributed by atoms with Crippen LogP contribution in [0.4, 0.5) is 0 Å². The number of hydrogen-bond acceptors (Lipinski definition) is 4. The van der Waals surface area contributed by atoms with Gasteiger partial charge in [-0.15, -0.1) is 0 Å². The number of nitrogens with one attached hydrogen (secondary N) is 1. The lowest BCUT2D eigenvalue weighted by molar-refractivity contribution is 0.103. The van der Waals surface area contributed by atoms with Crippen LogP contribution < -0.4 is 0 Å². The molecule has 2 N–H and O–H groups in total. The molecule has 0 spiro atoms. The molecule has 3 aromatic rings. The second-order valence-electron chi connectivity index (χ2n) is 8.85. The Balaban J connectivity index is 0.000000588. The number of H-pyrrole nitrogens is 1. The predicted molar refractivity (Wildman–Crippen MR) is 139 cm³/mol. The largest absolute Gasteiger partial charge is 0.358 e. The van der Waals surface area contributed by atoms with Gasteiger partial charge in [0.2, 0.25) is 0 Å². The minimum absolute atomic E-state index is 0.0234. The van der Waals surface area contributed by atoms with E-state index >= 15 is 0 Å². The number of aryl methyl sites for hydroxylation is 1. The molecule has 34 heavy (non-hydrogen) atoms. The summed E-state index contributed by atoms with van der Waals surface area (Å²) in [5.74, 6) is 0.0234. The molecule has 4 rings (SSSR count). The summed E-state index contributed by atoms with van der Waals surface area (Å²) in [5, 5.41) is 1.79. The number of ketones is 1. The standard InChI is InChI=1S/C25H29ClN2O.CH4O3S/c1-3-12-28(13-4-2)20-9-11-24-22(16-20)21-15-18(8-10-23(21)27-24)25(29)17-6-5-7-19(26)14-17;1-5(2,3)4/h5-8,10,14-15,20,27H,3-4,9,11-13,16H2,1-2H3;1H3,(H,2,3,4). The van der Waals surface area contributed by atoms with Crippen molar-refractivity contribution in [2.24, 2.45) is 0 Å². The van der Waals surface area contributed by atoms with Gasteiger partial charge in [-0.05, 0) is 81.1 Å². The van der Waals surface area contributed by atoms with E-state index in [1.165, 1.54) is 35.9 Å². The summed E-state index contributed by atoms with van der Waals surface area (Å²) < 4.78 is 25.9. The van der Waals surface area contributed by atoms with E-state index in [1.54, 1.807) is 12.1 Å². The van der Waals surface area contributed by atoms with Crippen molar-refractivity contribution in [3.8, 4) is 0 Å². The van der Waals surface area contributed by atoms with E-state index in [2.05, 4.69) is 35.9 Å². The lowest BCUT2D eigenvalue weighted by Gasteiger charge is -2.34. The summed E-state index contributed by atoms with van der Waals surface area (Å²) in [6, 6.07) is 13.8. The number of carbonyl (C=O) groups excluding carboxylic acids is 1. The van der Waals surface area contributed by atoms with Gasteiger partial charge in [0.25, 0.3) is 10.1 Å². The molecular formula is C26H33ClN2O4S. The molecule has 0 fully saturated rings. The summed E-state index contributed by atoms with van der Waals surface area (Å²) in [4.78, 5) is 19.3. The summed E-state index contributed by atoms with van der Waals surface area (Å²) in [7, 11) is -3.67. The summed E-state index contributed by atoms with van der Waals surface area (Å²) in [6.07, 6.45) is 6.44. The smallest absolute Gasteiger partial charge is 0.261 e. The molecule has 0 bridgehead atoms. The van der Waals surface area contributed by atoms with Crippen LogP contribution >= 0.6 is 11.6 Å². The van der Waals surface area contributed by atoms with Crippen molar-refractivity contribution in [2.75, 3.05) is 19.3 Å².